The highest BCUT2D eigenvalue weighted by atomic mass is 16.5. The lowest BCUT2D eigenvalue weighted by atomic mass is 10.2. The van der Waals surface area contributed by atoms with Gasteiger partial charge in [-0.15, -0.1) is 0 Å². The molecule has 0 aromatic carbocycles. The predicted octanol–water partition coefficient (Wildman–Crippen LogP) is 1.62. The second-order valence-electron chi connectivity index (χ2n) is 3.19. The summed E-state index contributed by atoms with van der Waals surface area (Å²) >= 11 is 0. The minimum atomic E-state index is -0.546. The molecule has 6 nitrogen and oxygen atoms in total. The average molecular weight is 214 g/mol. The Morgan fingerprint density at radius 1 is 1.60 bits per heavy atom. The van der Waals surface area contributed by atoms with Crippen molar-refractivity contribution in [3.05, 3.63) is 10.4 Å². The minimum absolute atomic E-state index is 0.0830. The molecule has 0 fully saturated rings. The molecule has 2 unspecified atom stereocenters. The van der Waals surface area contributed by atoms with Crippen LogP contribution in [0.5, 0.6) is 0 Å². The van der Waals surface area contributed by atoms with Gasteiger partial charge in [0.25, 0.3) is 0 Å². The van der Waals surface area contributed by atoms with Crippen LogP contribution in [-0.4, -0.2) is 31.2 Å². The van der Waals surface area contributed by atoms with Crippen LogP contribution in [0.1, 0.15) is 27.2 Å². The van der Waals surface area contributed by atoms with Crippen LogP contribution in [0.15, 0.2) is 5.11 Å². The third-order valence-corrected chi connectivity index (χ3v) is 2.00. The van der Waals surface area contributed by atoms with Gasteiger partial charge < -0.3 is 10.1 Å². The zero-order valence-electron chi connectivity index (χ0n) is 9.43. The van der Waals surface area contributed by atoms with E-state index in [1.54, 1.807) is 6.92 Å². The molecule has 0 bridgehead atoms. The van der Waals surface area contributed by atoms with Crippen molar-refractivity contribution < 1.29 is 9.53 Å². The number of nitrogens with zero attached hydrogens (tertiary/aromatic N) is 3. The van der Waals surface area contributed by atoms with E-state index in [1.165, 1.54) is 0 Å². The summed E-state index contributed by atoms with van der Waals surface area (Å²) in [6.45, 7) is 6.12. The maximum atomic E-state index is 11.4. The Labute approximate surface area is 89.6 Å². The van der Waals surface area contributed by atoms with E-state index in [4.69, 9.17) is 10.3 Å². The molecule has 0 aromatic heterocycles. The number of rotatable bonds is 7. The van der Waals surface area contributed by atoms with E-state index in [-0.39, 0.29) is 18.6 Å². The first-order chi connectivity index (χ1) is 7.15. The molecule has 0 heterocycles. The van der Waals surface area contributed by atoms with Gasteiger partial charge >= 0.3 is 5.97 Å². The van der Waals surface area contributed by atoms with Crippen LogP contribution >= 0.6 is 0 Å². The number of hydrogen-bond acceptors (Lipinski definition) is 4. The van der Waals surface area contributed by atoms with E-state index in [1.807, 2.05) is 13.8 Å². The summed E-state index contributed by atoms with van der Waals surface area (Å²) in [4.78, 5) is 14.1. The van der Waals surface area contributed by atoms with Crippen LogP contribution in [-0.2, 0) is 9.53 Å². The maximum absolute atomic E-state index is 11.4. The summed E-state index contributed by atoms with van der Waals surface area (Å²) in [5, 5.41) is 6.43. The molecule has 0 saturated heterocycles. The number of azide groups is 1. The number of hydrogen-bond donors (Lipinski definition) is 1. The Hall–Kier alpha value is -1.26. The number of carbonyl (C=O) groups is 1. The molecule has 0 saturated carbocycles. The summed E-state index contributed by atoms with van der Waals surface area (Å²) in [5.74, 6) is -0.370. The Bertz CT molecular complexity index is 238. The average Bonchev–Trinajstić information content (AvgIpc) is 2.24. The summed E-state index contributed by atoms with van der Waals surface area (Å²) < 4.78 is 4.86. The fourth-order valence-corrected chi connectivity index (χ4v) is 1.02. The van der Waals surface area contributed by atoms with Gasteiger partial charge in [0.1, 0.15) is 6.04 Å². The molecule has 6 heteroatoms. The molecule has 86 valence electrons. The third-order valence-electron chi connectivity index (χ3n) is 2.00. The molecule has 0 spiro atoms. The second-order valence-corrected chi connectivity index (χ2v) is 3.19. The van der Waals surface area contributed by atoms with Crippen molar-refractivity contribution in [1.29, 1.82) is 0 Å². The third kappa shape index (κ3) is 5.93. The van der Waals surface area contributed by atoms with Crippen molar-refractivity contribution in [2.75, 3.05) is 13.2 Å². The summed E-state index contributed by atoms with van der Waals surface area (Å²) in [5.41, 5.74) is 8.20. The molecule has 2 atom stereocenters. The van der Waals surface area contributed by atoms with Crippen LogP contribution in [0.2, 0.25) is 0 Å². The van der Waals surface area contributed by atoms with Gasteiger partial charge in [-0.3, -0.25) is 4.79 Å². The molecule has 15 heavy (non-hydrogen) atoms. The maximum Gasteiger partial charge on any atom is 0.323 e. The normalized spacial score (nSPS) is 13.8. The molecule has 0 aliphatic rings. The van der Waals surface area contributed by atoms with Gasteiger partial charge in [0, 0.05) is 11.0 Å². The minimum Gasteiger partial charge on any atom is -0.465 e. The molecule has 0 rings (SSSR count). The lowest BCUT2D eigenvalue weighted by Crippen LogP contribution is -2.44. The van der Waals surface area contributed by atoms with Gasteiger partial charge in [-0.1, -0.05) is 12.0 Å². The topological polar surface area (TPSA) is 87.1 Å². The zero-order valence-corrected chi connectivity index (χ0v) is 9.43. The Morgan fingerprint density at radius 3 is 2.73 bits per heavy atom. The molecule has 0 amide bonds. The van der Waals surface area contributed by atoms with Crippen molar-refractivity contribution in [2.24, 2.45) is 5.11 Å². The molecule has 0 radical (unpaired) electrons. The van der Waals surface area contributed by atoms with E-state index < -0.39 is 6.04 Å². The standard InChI is InChI=1S/C9H18N4O2/c1-4-7(3)12-8(6-11-13-10)9(14)15-5-2/h7-8,12H,4-6H2,1-3H3. The number of nitrogens with one attached hydrogen (secondary N) is 1. The molecular formula is C9H18N4O2. The van der Waals surface area contributed by atoms with Gasteiger partial charge in [-0.2, -0.15) is 0 Å². The van der Waals surface area contributed by atoms with Gasteiger partial charge in [0.05, 0.1) is 13.2 Å². The van der Waals surface area contributed by atoms with E-state index in [0.29, 0.717) is 6.61 Å². The highest BCUT2D eigenvalue weighted by Gasteiger charge is 2.19. The monoisotopic (exact) mass is 214 g/mol. The van der Waals surface area contributed by atoms with Gasteiger partial charge in [0.15, 0.2) is 0 Å². The quantitative estimate of drug-likeness (QED) is 0.302. The first-order valence-corrected chi connectivity index (χ1v) is 5.09. The van der Waals surface area contributed by atoms with Crippen LogP contribution in [0.3, 0.4) is 0 Å². The lowest BCUT2D eigenvalue weighted by Gasteiger charge is -2.19. The molecule has 1 N–H and O–H groups in total. The van der Waals surface area contributed by atoms with E-state index in [0.717, 1.165) is 6.42 Å². The Balaban J connectivity index is 4.28. The second kappa shape index (κ2) is 8.08. The van der Waals surface area contributed by atoms with Crippen molar-refractivity contribution >= 4 is 5.97 Å². The fourth-order valence-electron chi connectivity index (χ4n) is 1.02. The van der Waals surface area contributed by atoms with E-state index in [2.05, 4.69) is 15.3 Å². The molecule has 0 aliphatic carbocycles. The van der Waals surface area contributed by atoms with Gasteiger partial charge in [-0.25, -0.2) is 0 Å². The van der Waals surface area contributed by atoms with Gasteiger partial charge in [0.2, 0.25) is 0 Å². The first-order valence-electron chi connectivity index (χ1n) is 5.09. The molecule has 0 aromatic rings. The van der Waals surface area contributed by atoms with Crippen LogP contribution < -0.4 is 5.32 Å². The van der Waals surface area contributed by atoms with Crippen molar-refractivity contribution in [2.45, 2.75) is 39.3 Å². The highest BCUT2D eigenvalue weighted by Crippen LogP contribution is 1.97. The number of ether oxygens (including phenoxy) is 1. The summed E-state index contributed by atoms with van der Waals surface area (Å²) in [6.07, 6.45) is 0.895. The highest BCUT2D eigenvalue weighted by molar-refractivity contribution is 5.76. The van der Waals surface area contributed by atoms with Crippen LogP contribution in [0, 0.1) is 0 Å². The predicted molar refractivity (Wildman–Crippen MR) is 57.3 cm³/mol. The molecular weight excluding hydrogens is 196 g/mol. The van der Waals surface area contributed by atoms with Crippen molar-refractivity contribution in [1.82, 2.24) is 5.32 Å². The summed E-state index contributed by atoms with van der Waals surface area (Å²) in [6, 6.07) is -0.357. The SMILES string of the molecule is CCOC(=O)C(CN=[N+]=[N-])NC(C)CC. The van der Waals surface area contributed by atoms with Crippen LogP contribution in [0.25, 0.3) is 10.4 Å². The Morgan fingerprint density at radius 2 is 2.27 bits per heavy atom. The van der Waals surface area contributed by atoms with Crippen molar-refractivity contribution in [3.63, 3.8) is 0 Å². The molecule has 0 aliphatic heterocycles. The first kappa shape index (κ1) is 13.7. The largest absolute Gasteiger partial charge is 0.465 e. The zero-order chi connectivity index (χ0) is 11.7. The Kier molecular flexibility index (Phi) is 7.40. The van der Waals surface area contributed by atoms with Crippen molar-refractivity contribution in [3.8, 4) is 0 Å². The lowest BCUT2D eigenvalue weighted by molar-refractivity contribution is -0.145. The van der Waals surface area contributed by atoms with E-state index in [9.17, 15) is 4.79 Å². The van der Waals surface area contributed by atoms with Crippen LogP contribution in [0.4, 0.5) is 0 Å². The number of carbonyl (C=O) groups excluding carboxylic acids is 1. The fraction of sp³-hybridized carbons (Fsp3) is 0.889. The van der Waals surface area contributed by atoms with E-state index >= 15 is 0 Å². The smallest absolute Gasteiger partial charge is 0.323 e. The van der Waals surface area contributed by atoms with Gasteiger partial charge in [-0.05, 0) is 25.8 Å². The summed E-state index contributed by atoms with van der Waals surface area (Å²) in [7, 11) is 0. The number of esters is 1.